The molecule has 0 unspecified atom stereocenters. The fraction of sp³-hybridized carbons (Fsp3) is 0.375. The fourth-order valence-electron chi connectivity index (χ4n) is 2.03. The second kappa shape index (κ2) is 7.47. The summed E-state index contributed by atoms with van der Waals surface area (Å²) >= 11 is 0. The number of para-hydroxylation sites is 1. The third-order valence-electron chi connectivity index (χ3n) is 3.07. The highest BCUT2D eigenvalue weighted by Crippen LogP contribution is 2.25. The Morgan fingerprint density at radius 3 is 2.95 bits per heavy atom. The van der Waals surface area contributed by atoms with Gasteiger partial charge in [-0.25, -0.2) is 0 Å². The molecule has 0 aromatic heterocycles. The van der Waals surface area contributed by atoms with Crippen LogP contribution in [0.25, 0.3) is 6.08 Å². The molecule has 1 aromatic carbocycles. The van der Waals surface area contributed by atoms with Gasteiger partial charge >= 0.3 is 5.97 Å². The number of benzene rings is 1. The van der Waals surface area contributed by atoms with Crippen molar-refractivity contribution in [3.8, 4) is 5.75 Å². The van der Waals surface area contributed by atoms with Gasteiger partial charge in [0, 0.05) is 18.5 Å². The fourth-order valence-corrected chi connectivity index (χ4v) is 2.03. The van der Waals surface area contributed by atoms with Gasteiger partial charge in [-0.05, 0) is 25.5 Å². The van der Waals surface area contributed by atoms with Crippen LogP contribution in [0.4, 0.5) is 0 Å². The Morgan fingerprint density at radius 2 is 2.14 bits per heavy atom. The van der Waals surface area contributed by atoms with Crippen LogP contribution in [0, 0.1) is 0 Å². The lowest BCUT2D eigenvalue weighted by atomic mass is 10.1. The van der Waals surface area contributed by atoms with Crippen molar-refractivity contribution in [2.45, 2.75) is 19.8 Å². The number of rotatable bonds is 6. The number of hydrogen-bond donors (Lipinski definition) is 1. The summed E-state index contributed by atoms with van der Waals surface area (Å²) in [6.45, 7) is 2.86. The van der Waals surface area contributed by atoms with Crippen molar-refractivity contribution in [1.29, 1.82) is 0 Å². The van der Waals surface area contributed by atoms with Crippen molar-refractivity contribution in [2.75, 3.05) is 19.8 Å². The van der Waals surface area contributed by atoms with Crippen molar-refractivity contribution in [3.05, 3.63) is 35.4 Å². The first-order chi connectivity index (χ1) is 10.2. The molecular formula is C16H19NO4. The van der Waals surface area contributed by atoms with E-state index in [2.05, 4.69) is 5.32 Å². The molecular weight excluding hydrogens is 270 g/mol. The van der Waals surface area contributed by atoms with Crippen LogP contribution in [0.3, 0.4) is 0 Å². The molecule has 0 fully saturated rings. The molecule has 1 heterocycles. The summed E-state index contributed by atoms with van der Waals surface area (Å²) in [7, 11) is 0. The van der Waals surface area contributed by atoms with Gasteiger partial charge in [-0.2, -0.15) is 0 Å². The predicted molar refractivity (Wildman–Crippen MR) is 78.8 cm³/mol. The standard InChI is InChI=1S/C16H19NO4/c1-2-20-15(18)8-5-9-17-16(19)13-10-12-6-3-4-7-14(12)21-11-13/h3-4,6-7,10H,2,5,8-9,11H2,1H3,(H,17,19). The third kappa shape index (κ3) is 4.34. The highest BCUT2D eigenvalue weighted by Gasteiger charge is 2.16. The van der Waals surface area contributed by atoms with E-state index in [0.717, 1.165) is 11.3 Å². The van der Waals surface area contributed by atoms with Gasteiger partial charge in [-0.1, -0.05) is 18.2 Å². The third-order valence-corrected chi connectivity index (χ3v) is 3.07. The van der Waals surface area contributed by atoms with Gasteiger partial charge in [0.05, 0.1) is 12.2 Å². The van der Waals surface area contributed by atoms with Crippen molar-refractivity contribution >= 4 is 18.0 Å². The number of fused-ring (bicyclic) bond motifs is 1. The second-order valence-electron chi connectivity index (χ2n) is 4.66. The molecule has 21 heavy (non-hydrogen) atoms. The number of carbonyl (C=O) groups excluding carboxylic acids is 2. The van der Waals surface area contributed by atoms with E-state index in [1.165, 1.54) is 0 Å². The molecule has 1 aliphatic heterocycles. The molecule has 0 bridgehead atoms. The lowest BCUT2D eigenvalue weighted by molar-refractivity contribution is -0.143. The van der Waals surface area contributed by atoms with Crippen LogP contribution in [-0.2, 0) is 14.3 Å². The van der Waals surface area contributed by atoms with E-state index in [4.69, 9.17) is 9.47 Å². The van der Waals surface area contributed by atoms with Crippen molar-refractivity contribution in [3.63, 3.8) is 0 Å². The van der Waals surface area contributed by atoms with E-state index in [-0.39, 0.29) is 18.5 Å². The Hall–Kier alpha value is -2.30. The van der Waals surface area contributed by atoms with E-state index in [1.807, 2.05) is 30.3 Å². The van der Waals surface area contributed by atoms with Gasteiger partial charge in [0.2, 0.25) is 0 Å². The second-order valence-corrected chi connectivity index (χ2v) is 4.66. The minimum absolute atomic E-state index is 0.159. The maximum atomic E-state index is 12.0. The Bertz CT molecular complexity index is 551. The van der Waals surface area contributed by atoms with Gasteiger partial charge < -0.3 is 14.8 Å². The lowest BCUT2D eigenvalue weighted by Gasteiger charge is -2.17. The molecule has 0 aliphatic carbocycles. The van der Waals surface area contributed by atoms with Crippen LogP contribution in [0.15, 0.2) is 29.8 Å². The summed E-state index contributed by atoms with van der Waals surface area (Å²) in [6.07, 6.45) is 2.71. The number of carbonyl (C=O) groups is 2. The lowest BCUT2D eigenvalue weighted by Crippen LogP contribution is -2.29. The summed E-state index contributed by atoms with van der Waals surface area (Å²) < 4.78 is 10.4. The van der Waals surface area contributed by atoms with Crippen LogP contribution in [0.1, 0.15) is 25.3 Å². The van der Waals surface area contributed by atoms with E-state index in [1.54, 1.807) is 6.92 Å². The monoisotopic (exact) mass is 289 g/mol. The summed E-state index contributed by atoms with van der Waals surface area (Å²) in [5, 5.41) is 2.79. The first kappa shape index (κ1) is 15.1. The van der Waals surface area contributed by atoms with Crippen LogP contribution in [-0.4, -0.2) is 31.6 Å². The van der Waals surface area contributed by atoms with E-state index >= 15 is 0 Å². The first-order valence-electron chi connectivity index (χ1n) is 7.07. The zero-order valence-electron chi connectivity index (χ0n) is 12.1. The van der Waals surface area contributed by atoms with Crippen LogP contribution in [0.5, 0.6) is 5.75 Å². The number of nitrogens with one attached hydrogen (secondary N) is 1. The largest absolute Gasteiger partial charge is 0.488 e. The van der Waals surface area contributed by atoms with Gasteiger partial charge in [0.15, 0.2) is 0 Å². The molecule has 1 aliphatic rings. The SMILES string of the molecule is CCOC(=O)CCCNC(=O)C1=Cc2ccccc2OC1. The number of esters is 1. The van der Waals surface area contributed by atoms with Crippen LogP contribution < -0.4 is 10.1 Å². The van der Waals surface area contributed by atoms with Gasteiger partial charge in [-0.3, -0.25) is 9.59 Å². The molecule has 5 nitrogen and oxygen atoms in total. The summed E-state index contributed by atoms with van der Waals surface area (Å²) in [6, 6.07) is 7.58. The molecule has 0 saturated carbocycles. The molecule has 0 spiro atoms. The Morgan fingerprint density at radius 1 is 1.33 bits per heavy atom. The average Bonchev–Trinajstić information content (AvgIpc) is 2.51. The molecule has 1 amide bonds. The average molecular weight is 289 g/mol. The maximum Gasteiger partial charge on any atom is 0.305 e. The van der Waals surface area contributed by atoms with E-state index < -0.39 is 0 Å². The Balaban J connectivity index is 1.80. The van der Waals surface area contributed by atoms with Crippen molar-refractivity contribution in [2.24, 2.45) is 0 Å². The maximum absolute atomic E-state index is 12.0. The number of amides is 1. The molecule has 112 valence electrons. The normalized spacial score (nSPS) is 12.7. The summed E-state index contributed by atoms with van der Waals surface area (Å²) in [5.41, 5.74) is 1.49. The quantitative estimate of drug-likeness (QED) is 0.642. The first-order valence-corrected chi connectivity index (χ1v) is 7.07. The zero-order valence-corrected chi connectivity index (χ0v) is 12.1. The van der Waals surface area contributed by atoms with E-state index in [9.17, 15) is 9.59 Å². The van der Waals surface area contributed by atoms with Gasteiger partial charge in [0.1, 0.15) is 12.4 Å². The number of ether oxygens (including phenoxy) is 2. The smallest absolute Gasteiger partial charge is 0.305 e. The summed E-state index contributed by atoms with van der Waals surface area (Å²) in [4.78, 5) is 23.2. The van der Waals surface area contributed by atoms with Crippen molar-refractivity contribution < 1.29 is 19.1 Å². The minimum Gasteiger partial charge on any atom is -0.488 e. The van der Waals surface area contributed by atoms with Crippen molar-refractivity contribution in [1.82, 2.24) is 5.32 Å². The highest BCUT2D eigenvalue weighted by atomic mass is 16.5. The van der Waals surface area contributed by atoms with Gasteiger partial charge in [-0.15, -0.1) is 0 Å². The van der Waals surface area contributed by atoms with E-state index in [0.29, 0.717) is 31.6 Å². The molecule has 1 N–H and O–H groups in total. The summed E-state index contributed by atoms with van der Waals surface area (Å²) in [5.74, 6) is 0.394. The van der Waals surface area contributed by atoms with Crippen LogP contribution >= 0.6 is 0 Å². The Labute approximate surface area is 123 Å². The Kier molecular flexibility index (Phi) is 5.37. The highest BCUT2D eigenvalue weighted by molar-refractivity contribution is 5.99. The minimum atomic E-state index is -0.235. The zero-order chi connectivity index (χ0) is 15.1. The molecule has 0 atom stereocenters. The topological polar surface area (TPSA) is 64.6 Å². The molecule has 0 saturated heterocycles. The van der Waals surface area contributed by atoms with Crippen LogP contribution in [0.2, 0.25) is 0 Å². The molecule has 5 heteroatoms. The molecule has 2 rings (SSSR count). The van der Waals surface area contributed by atoms with Gasteiger partial charge in [0.25, 0.3) is 5.91 Å². The predicted octanol–water partition coefficient (Wildman–Crippen LogP) is 1.92. The molecule has 1 aromatic rings. The number of hydrogen-bond acceptors (Lipinski definition) is 4. The molecule has 0 radical (unpaired) electrons.